The van der Waals surface area contributed by atoms with E-state index in [-0.39, 0.29) is 17.7 Å². The number of rotatable bonds is 4. The van der Waals surface area contributed by atoms with E-state index < -0.39 is 0 Å². The van der Waals surface area contributed by atoms with E-state index in [1.54, 1.807) is 24.3 Å². The minimum Gasteiger partial charge on any atom is -0.349 e. The molecule has 7 heteroatoms. The number of amides is 2. The minimum atomic E-state index is -0.285. The quantitative estimate of drug-likeness (QED) is 0.612. The zero-order valence-corrected chi connectivity index (χ0v) is 17.0. The Morgan fingerprint density at radius 1 is 1.12 bits per heavy atom. The molecule has 1 saturated heterocycles. The van der Waals surface area contributed by atoms with Gasteiger partial charge in [-0.05, 0) is 67.9 Å². The molecular weight excluding hydrogens is 391 g/mol. The second-order valence-corrected chi connectivity index (χ2v) is 7.89. The second-order valence-electron chi connectivity index (χ2n) is 6.09. The Balaban J connectivity index is 1.85. The Labute approximate surface area is 166 Å². The lowest BCUT2D eigenvalue weighted by Crippen LogP contribution is -2.27. The summed E-state index contributed by atoms with van der Waals surface area (Å²) in [4.78, 5) is 26.7. The van der Waals surface area contributed by atoms with Crippen LogP contribution in [0.1, 0.15) is 29.4 Å². The number of carbonyl (C=O) groups is 2. The summed E-state index contributed by atoms with van der Waals surface area (Å²) in [5, 5.41) is 0.561. The summed E-state index contributed by atoms with van der Waals surface area (Å²) in [6.07, 6.45) is 1.80. The van der Waals surface area contributed by atoms with Crippen LogP contribution in [0.3, 0.4) is 0 Å². The largest absolute Gasteiger partial charge is 0.349 e. The normalized spacial score (nSPS) is 16.2. The van der Waals surface area contributed by atoms with E-state index in [2.05, 4.69) is 11.5 Å². The Morgan fingerprint density at radius 2 is 1.85 bits per heavy atom. The number of aryl methyl sites for hydroxylation is 1. The van der Waals surface area contributed by atoms with Crippen LogP contribution in [-0.2, 0) is 17.9 Å². The maximum atomic E-state index is 12.7. The first-order chi connectivity index (χ1) is 12.3. The SMILES string of the molecule is CCn1c(C)cc(/C=C2\SC(=O)N(Cc3ccc(Cl)c(Cl)c3)C2=O)c1C. The van der Waals surface area contributed by atoms with Crippen LogP contribution in [-0.4, -0.2) is 20.6 Å². The first-order valence-corrected chi connectivity index (χ1v) is 9.75. The third-order valence-corrected chi connectivity index (χ3v) is 6.06. The van der Waals surface area contributed by atoms with Gasteiger partial charge < -0.3 is 4.57 Å². The van der Waals surface area contributed by atoms with Crippen LogP contribution in [0.25, 0.3) is 6.08 Å². The summed E-state index contributed by atoms with van der Waals surface area (Å²) in [6, 6.07) is 7.13. The van der Waals surface area contributed by atoms with Gasteiger partial charge in [0.1, 0.15) is 0 Å². The van der Waals surface area contributed by atoms with Crippen molar-refractivity contribution in [2.24, 2.45) is 0 Å². The van der Waals surface area contributed by atoms with Crippen LogP contribution < -0.4 is 0 Å². The van der Waals surface area contributed by atoms with Crippen LogP contribution >= 0.6 is 35.0 Å². The van der Waals surface area contributed by atoms with Crippen molar-refractivity contribution in [3.05, 3.63) is 61.7 Å². The van der Waals surface area contributed by atoms with Crippen molar-refractivity contribution >= 4 is 52.2 Å². The summed E-state index contributed by atoms with van der Waals surface area (Å²) in [6.45, 7) is 7.16. The van der Waals surface area contributed by atoms with E-state index in [4.69, 9.17) is 23.2 Å². The molecule has 0 N–H and O–H groups in total. The smallest absolute Gasteiger partial charge is 0.293 e. The molecule has 1 aliphatic heterocycles. The van der Waals surface area contributed by atoms with Gasteiger partial charge in [0.05, 0.1) is 21.5 Å². The molecule has 1 fully saturated rings. The van der Waals surface area contributed by atoms with Crippen molar-refractivity contribution in [3.63, 3.8) is 0 Å². The molecule has 0 radical (unpaired) electrons. The molecule has 3 rings (SSSR count). The lowest BCUT2D eigenvalue weighted by molar-refractivity contribution is -0.123. The van der Waals surface area contributed by atoms with Gasteiger partial charge in [0.2, 0.25) is 0 Å². The van der Waals surface area contributed by atoms with Crippen molar-refractivity contribution < 1.29 is 9.59 Å². The topological polar surface area (TPSA) is 42.3 Å². The number of hydrogen-bond acceptors (Lipinski definition) is 3. The zero-order chi connectivity index (χ0) is 19.0. The van der Waals surface area contributed by atoms with Gasteiger partial charge in [-0.2, -0.15) is 0 Å². The Kier molecular flexibility index (Phi) is 5.51. The molecule has 136 valence electrons. The van der Waals surface area contributed by atoms with Gasteiger partial charge in [0, 0.05) is 17.9 Å². The molecule has 0 aliphatic carbocycles. The van der Waals surface area contributed by atoms with Crippen LogP contribution in [0, 0.1) is 13.8 Å². The van der Waals surface area contributed by atoms with Gasteiger partial charge in [-0.25, -0.2) is 0 Å². The number of thioether (sulfide) groups is 1. The fraction of sp³-hybridized carbons (Fsp3) is 0.263. The molecule has 1 aromatic heterocycles. The molecule has 1 aliphatic rings. The van der Waals surface area contributed by atoms with Crippen LogP contribution in [0.15, 0.2) is 29.2 Å². The molecule has 2 amide bonds. The summed E-state index contributed by atoms with van der Waals surface area (Å²) < 4.78 is 2.17. The predicted molar refractivity (Wildman–Crippen MR) is 108 cm³/mol. The van der Waals surface area contributed by atoms with Gasteiger partial charge in [0.15, 0.2) is 0 Å². The molecule has 0 spiro atoms. The van der Waals surface area contributed by atoms with Crippen LogP contribution in [0.2, 0.25) is 10.0 Å². The molecule has 4 nitrogen and oxygen atoms in total. The first kappa shape index (κ1) is 19.1. The highest BCUT2D eigenvalue weighted by Crippen LogP contribution is 2.34. The van der Waals surface area contributed by atoms with E-state index >= 15 is 0 Å². The first-order valence-electron chi connectivity index (χ1n) is 8.17. The average Bonchev–Trinajstić information content (AvgIpc) is 3.01. The standard InChI is InChI=1S/C19H18Cl2N2O2S/c1-4-22-11(2)7-14(12(22)3)9-17-18(24)23(19(25)26-17)10-13-5-6-15(20)16(21)8-13/h5-9H,4,10H2,1-3H3/b17-9-. The summed E-state index contributed by atoms with van der Waals surface area (Å²) in [5.41, 5.74) is 3.93. The van der Waals surface area contributed by atoms with E-state index in [0.29, 0.717) is 15.0 Å². The molecule has 26 heavy (non-hydrogen) atoms. The molecule has 0 atom stereocenters. The lowest BCUT2D eigenvalue weighted by atomic mass is 10.2. The van der Waals surface area contributed by atoms with Crippen LogP contribution in [0.4, 0.5) is 4.79 Å². The van der Waals surface area contributed by atoms with E-state index in [1.807, 2.05) is 19.9 Å². The van der Waals surface area contributed by atoms with E-state index in [9.17, 15) is 9.59 Å². The maximum absolute atomic E-state index is 12.7. The van der Waals surface area contributed by atoms with Crippen LogP contribution in [0.5, 0.6) is 0 Å². The molecule has 1 aromatic carbocycles. The molecule has 0 saturated carbocycles. The highest BCUT2D eigenvalue weighted by molar-refractivity contribution is 8.18. The van der Waals surface area contributed by atoms with Crippen molar-refractivity contribution in [3.8, 4) is 0 Å². The number of nitrogens with zero attached hydrogens (tertiary/aromatic N) is 2. The van der Waals surface area contributed by atoms with Gasteiger partial charge >= 0.3 is 0 Å². The van der Waals surface area contributed by atoms with Gasteiger partial charge in [-0.15, -0.1) is 0 Å². The van der Waals surface area contributed by atoms with Crippen molar-refractivity contribution in [2.45, 2.75) is 33.9 Å². The number of halogens is 2. The van der Waals surface area contributed by atoms with Gasteiger partial charge in [-0.1, -0.05) is 29.3 Å². The van der Waals surface area contributed by atoms with Gasteiger partial charge in [0.25, 0.3) is 11.1 Å². The van der Waals surface area contributed by atoms with Gasteiger partial charge in [-0.3, -0.25) is 14.5 Å². The highest BCUT2D eigenvalue weighted by atomic mass is 35.5. The van der Waals surface area contributed by atoms with E-state index in [1.165, 1.54) is 4.90 Å². The molecular formula is C19H18Cl2N2O2S. The average molecular weight is 409 g/mol. The Morgan fingerprint density at radius 3 is 2.46 bits per heavy atom. The maximum Gasteiger partial charge on any atom is 0.293 e. The fourth-order valence-corrected chi connectivity index (χ4v) is 4.21. The second kappa shape index (κ2) is 7.51. The van der Waals surface area contributed by atoms with Crippen molar-refractivity contribution in [1.82, 2.24) is 9.47 Å². The summed E-state index contributed by atoms with van der Waals surface area (Å²) in [7, 11) is 0. The Bertz CT molecular complexity index is 934. The number of imide groups is 1. The minimum absolute atomic E-state index is 0.173. The summed E-state index contributed by atoms with van der Waals surface area (Å²) >= 11 is 12.9. The lowest BCUT2D eigenvalue weighted by Gasteiger charge is -2.12. The molecule has 0 unspecified atom stereocenters. The molecule has 0 bridgehead atoms. The molecule has 2 aromatic rings. The zero-order valence-electron chi connectivity index (χ0n) is 14.7. The predicted octanol–water partition coefficient (Wildman–Crippen LogP) is 5.67. The van der Waals surface area contributed by atoms with Crippen molar-refractivity contribution in [1.29, 1.82) is 0 Å². The third kappa shape index (κ3) is 3.56. The third-order valence-electron chi connectivity index (χ3n) is 4.41. The number of aromatic nitrogens is 1. The highest BCUT2D eigenvalue weighted by Gasteiger charge is 2.35. The number of hydrogen-bond donors (Lipinski definition) is 0. The molecule has 2 heterocycles. The fourth-order valence-electron chi connectivity index (χ4n) is 3.06. The summed E-state index contributed by atoms with van der Waals surface area (Å²) in [5.74, 6) is -0.285. The number of carbonyl (C=O) groups excluding carboxylic acids is 2. The van der Waals surface area contributed by atoms with Crippen molar-refractivity contribution in [2.75, 3.05) is 0 Å². The van der Waals surface area contributed by atoms with E-state index in [0.717, 1.165) is 40.8 Å². The monoisotopic (exact) mass is 408 g/mol. The number of benzene rings is 1. The Hall–Kier alpha value is -1.69.